The van der Waals surface area contributed by atoms with Gasteiger partial charge in [0.15, 0.2) is 0 Å². The zero-order valence-corrected chi connectivity index (χ0v) is 11.8. The molecule has 18 heavy (non-hydrogen) atoms. The van der Waals surface area contributed by atoms with Gasteiger partial charge in [-0.1, -0.05) is 6.58 Å². The second-order valence-electron chi connectivity index (χ2n) is 4.57. The highest BCUT2D eigenvalue weighted by Crippen LogP contribution is 1.94. The van der Waals surface area contributed by atoms with Crippen LogP contribution < -0.4 is 0 Å². The van der Waals surface area contributed by atoms with Crippen LogP contribution in [0.4, 0.5) is 0 Å². The summed E-state index contributed by atoms with van der Waals surface area (Å²) in [5, 5.41) is 0. The molecule has 0 saturated carbocycles. The molecule has 0 aliphatic carbocycles. The number of hydrogen-bond acceptors (Lipinski definition) is 4. The molecule has 106 valence electrons. The summed E-state index contributed by atoms with van der Waals surface area (Å²) in [6.45, 7) is 10.0. The maximum Gasteiger partial charge on any atom is 0.330 e. The van der Waals surface area contributed by atoms with Crippen LogP contribution in [0.5, 0.6) is 0 Å². The summed E-state index contributed by atoms with van der Waals surface area (Å²) in [6, 6.07) is 0. The van der Waals surface area contributed by atoms with E-state index in [1.165, 1.54) is 0 Å². The predicted octanol–water partition coefficient (Wildman–Crippen LogP) is 0.845. The molecule has 0 aliphatic heterocycles. The van der Waals surface area contributed by atoms with E-state index in [9.17, 15) is 4.79 Å². The monoisotopic (exact) mass is 260 g/mol. The molecular formula is C13H26NO4+. The molecule has 0 aromatic heterocycles. The van der Waals surface area contributed by atoms with E-state index in [-0.39, 0.29) is 6.61 Å². The van der Waals surface area contributed by atoms with E-state index >= 15 is 0 Å². The standard InChI is InChI=1S/C13H26NO4/c1-5-13(15)18-12-11-17-10-9-16-8-7-14(3,4)6-2/h5H,1,6-12H2,2-4H3/q+1. The van der Waals surface area contributed by atoms with Crippen molar-refractivity contribution in [2.75, 3.05) is 60.2 Å². The van der Waals surface area contributed by atoms with E-state index in [0.29, 0.717) is 19.8 Å². The average molecular weight is 260 g/mol. The molecule has 0 amide bonds. The van der Waals surface area contributed by atoms with Gasteiger partial charge in [-0.15, -0.1) is 0 Å². The summed E-state index contributed by atoms with van der Waals surface area (Å²) in [5.74, 6) is -0.422. The van der Waals surface area contributed by atoms with Crippen LogP contribution in [0.15, 0.2) is 12.7 Å². The van der Waals surface area contributed by atoms with Crippen LogP contribution in [0, 0.1) is 0 Å². The average Bonchev–Trinajstić information content (AvgIpc) is 2.36. The molecule has 0 aromatic carbocycles. The molecule has 0 N–H and O–H groups in total. The smallest absolute Gasteiger partial charge is 0.330 e. The Balaban J connectivity index is 3.22. The fraction of sp³-hybridized carbons (Fsp3) is 0.769. The van der Waals surface area contributed by atoms with Crippen molar-refractivity contribution in [1.29, 1.82) is 0 Å². The fourth-order valence-electron chi connectivity index (χ4n) is 1.05. The Labute approximate surface area is 110 Å². The zero-order valence-electron chi connectivity index (χ0n) is 11.8. The molecule has 5 heteroatoms. The number of likely N-dealkylation sites (N-methyl/N-ethyl adjacent to an activating group) is 1. The van der Waals surface area contributed by atoms with Crippen LogP contribution in [0.3, 0.4) is 0 Å². The second kappa shape index (κ2) is 10.1. The molecule has 0 radical (unpaired) electrons. The fourth-order valence-corrected chi connectivity index (χ4v) is 1.05. The van der Waals surface area contributed by atoms with Gasteiger partial charge in [0, 0.05) is 6.08 Å². The third-order valence-electron chi connectivity index (χ3n) is 2.71. The Morgan fingerprint density at radius 3 is 2.22 bits per heavy atom. The predicted molar refractivity (Wildman–Crippen MR) is 70.3 cm³/mol. The van der Waals surface area contributed by atoms with Gasteiger partial charge in [-0.2, -0.15) is 0 Å². The minimum atomic E-state index is -0.422. The maximum absolute atomic E-state index is 10.7. The molecule has 0 atom stereocenters. The Kier molecular flexibility index (Phi) is 9.55. The first-order chi connectivity index (χ1) is 8.52. The second-order valence-corrected chi connectivity index (χ2v) is 4.57. The number of carbonyl (C=O) groups is 1. The molecule has 0 aromatic rings. The lowest BCUT2D eigenvalue weighted by Gasteiger charge is -2.27. The number of esters is 1. The largest absolute Gasteiger partial charge is 0.460 e. The molecule has 0 heterocycles. The first-order valence-corrected chi connectivity index (χ1v) is 6.28. The summed E-state index contributed by atoms with van der Waals surface area (Å²) in [6.07, 6.45) is 1.14. The number of carbonyl (C=O) groups excluding carboxylic acids is 1. The summed E-state index contributed by atoms with van der Waals surface area (Å²) >= 11 is 0. The Morgan fingerprint density at radius 2 is 1.67 bits per heavy atom. The topological polar surface area (TPSA) is 44.8 Å². The van der Waals surface area contributed by atoms with Crippen molar-refractivity contribution in [3.63, 3.8) is 0 Å². The number of quaternary nitrogens is 1. The molecule has 0 bridgehead atoms. The molecule has 0 fully saturated rings. The van der Waals surface area contributed by atoms with Gasteiger partial charge in [-0.05, 0) is 6.92 Å². The van der Waals surface area contributed by atoms with E-state index < -0.39 is 5.97 Å². The van der Waals surface area contributed by atoms with Crippen molar-refractivity contribution in [2.24, 2.45) is 0 Å². The summed E-state index contributed by atoms with van der Waals surface area (Å²) in [7, 11) is 4.35. The van der Waals surface area contributed by atoms with Gasteiger partial charge in [0.2, 0.25) is 0 Å². The van der Waals surface area contributed by atoms with Gasteiger partial charge < -0.3 is 18.7 Å². The van der Waals surface area contributed by atoms with Crippen molar-refractivity contribution in [3.05, 3.63) is 12.7 Å². The van der Waals surface area contributed by atoms with Gasteiger partial charge >= 0.3 is 5.97 Å². The summed E-state index contributed by atoms with van der Waals surface area (Å²) < 4.78 is 16.4. The van der Waals surface area contributed by atoms with Gasteiger partial charge in [-0.3, -0.25) is 0 Å². The van der Waals surface area contributed by atoms with Crippen LogP contribution in [-0.4, -0.2) is 70.7 Å². The van der Waals surface area contributed by atoms with Crippen molar-refractivity contribution >= 4 is 5.97 Å². The lowest BCUT2D eigenvalue weighted by Crippen LogP contribution is -2.42. The van der Waals surface area contributed by atoms with Gasteiger partial charge in [0.25, 0.3) is 0 Å². The number of rotatable bonds is 11. The maximum atomic E-state index is 10.7. The molecular weight excluding hydrogens is 234 g/mol. The zero-order chi connectivity index (χ0) is 13.9. The molecule has 5 nitrogen and oxygen atoms in total. The minimum absolute atomic E-state index is 0.255. The van der Waals surface area contributed by atoms with Gasteiger partial charge in [0.05, 0.1) is 47.1 Å². The normalized spacial score (nSPS) is 11.3. The summed E-state index contributed by atoms with van der Waals surface area (Å²) in [4.78, 5) is 10.7. The lowest BCUT2D eigenvalue weighted by molar-refractivity contribution is -0.888. The first kappa shape index (κ1) is 17.1. The Bertz CT molecular complexity index is 241. The van der Waals surface area contributed by atoms with Gasteiger partial charge in [-0.25, -0.2) is 4.79 Å². The SMILES string of the molecule is C=CC(=O)OCCOCCOCC[N+](C)(C)CC. The van der Waals surface area contributed by atoms with Crippen LogP contribution in [0.1, 0.15) is 6.92 Å². The molecule has 0 rings (SSSR count). The summed E-state index contributed by atoms with van der Waals surface area (Å²) in [5.41, 5.74) is 0. The lowest BCUT2D eigenvalue weighted by atomic mass is 10.4. The van der Waals surface area contributed by atoms with E-state index in [1.54, 1.807) is 0 Å². The Hall–Kier alpha value is -0.910. The molecule has 0 spiro atoms. The Morgan fingerprint density at radius 1 is 1.11 bits per heavy atom. The van der Waals surface area contributed by atoms with E-state index in [4.69, 9.17) is 14.2 Å². The minimum Gasteiger partial charge on any atom is -0.460 e. The van der Waals surface area contributed by atoms with E-state index in [0.717, 1.165) is 30.3 Å². The van der Waals surface area contributed by atoms with Crippen molar-refractivity contribution in [1.82, 2.24) is 0 Å². The molecule has 0 saturated heterocycles. The number of ether oxygens (including phenoxy) is 3. The molecule has 0 unspecified atom stereocenters. The first-order valence-electron chi connectivity index (χ1n) is 6.28. The van der Waals surface area contributed by atoms with Crippen molar-refractivity contribution in [3.8, 4) is 0 Å². The van der Waals surface area contributed by atoms with E-state index in [2.05, 4.69) is 27.6 Å². The van der Waals surface area contributed by atoms with Crippen LogP contribution in [0.2, 0.25) is 0 Å². The van der Waals surface area contributed by atoms with Crippen LogP contribution >= 0.6 is 0 Å². The third-order valence-corrected chi connectivity index (χ3v) is 2.71. The van der Waals surface area contributed by atoms with Crippen molar-refractivity contribution in [2.45, 2.75) is 6.92 Å². The van der Waals surface area contributed by atoms with E-state index in [1.807, 2.05) is 0 Å². The highest BCUT2D eigenvalue weighted by atomic mass is 16.6. The molecule has 0 aliphatic rings. The quantitative estimate of drug-likeness (QED) is 0.239. The van der Waals surface area contributed by atoms with Crippen LogP contribution in [-0.2, 0) is 19.0 Å². The third kappa shape index (κ3) is 10.3. The number of hydrogen-bond donors (Lipinski definition) is 0. The number of nitrogens with zero attached hydrogens (tertiary/aromatic N) is 1. The highest BCUT2D eigenvalue weighted by Gasteiger charge is 2.10. The highest BCUT2D eigenvalue weighted by molar-refractivity contribution is 5.81. The van der Waals surface area contributed by atoms with Gasteiger partial charge in [0.1, 0.15) is 13.2 Å². The van der Waals surface area contributed by atoms with Crippen molar-refractivity contribution < 1.29 is 23.5 Å². The van der Waals surface area contributed by atoms with Crippen LogP contribution in [0.25, 0.3) is 0 Å².